The zero-order valence-corrected chi connectivity index (χ0v) is 11.0. The van der Waals surface area contributed by atoms with E-state index in [2.05, 4.69) is 11.9 Å². The molecule has 1 heterocycles. The van der Waals surface area contributed by atoms with E-state index in [1.54, 1.807) is 12.4 Å². The molecular weight excluding hydrogens is 224 g/mol. The van der Waals surface area contributed by atoms with Gasteiger partial charge in [0.25, 0.3) is 0 Å². The van der Waals surface area contributed by atoms with Crippen LogP contribution in [0.5, 0.6) is 0 Å². The van der Waals surface area contributed by atoms with Gasteiger partial charge in [-0.15, -0.1) is 0 Å². The third-order valence-electron chi connectivity index (χ3n) is 2.86. The summed E-state index contributed by atoms with van der Waals surface area (Å²) < 4.78 is 0. The number of hydrogen-bond acceptors (Lipinski definition) is 2. The fourth-order valence-corrected chi connectivity index (χ4v) is 1.87. The first-order valence-electron chi connectivity index (χ1n) is 6.20. The van der Waals surface area contributed by atoms with Crippen LogP contribution in [-0.4, -0.2) is 10.9 Å². The number of aryl methyl sites for hydroxylation is 1. The summed E-state index contributed by atoms with van der Waals surface area (Å²) in [6.45, 7) is 4.01. The lowest BCUT2D eigenvalue weighted by Gasteiger charge is -2.14. The predicted octanol–water partition coefficient (Wildman–Crippen LogP) is 2.74. The van der Waals surface area contributed by atoms with Gasteiger partial charge in [0.2, 0.25) is 5.91 Å². The Labute approximate surface area is 108 Å². The topological polar surface area (TPSA) is 56.0 Å². The summed E-state index contributed by atoms with van der Waals surface area (Å²) in [7, 11) is 0. The zero-order chi connectivity index (χ0) is 13.4. The van der Waals surface area contributed by atoms with Crippen LogP contribution in [0.1, 0.15) is 37.3 Å². The Morgan fingerprint density at radius 3 is 2.89 bits per heavy atom. The molecule has 2 N–H and O–H groups in total. The van der Waals surface area contributed by atoms with Crippen molar-refractivity contribution in [1.82, 2.24) is 4.98 Å². The van der Waals surface area contributed by atoms with Crippen LogP contribution in [0.25, 0.3) is 0 Å². The van der Waals surface area contributed by atoms with Gasteiger partial charge in [-0.3, -0.25) is 9.78 Å². The van der Waals surface area contributed by atoms with E-state index in [0.717, 1.165) is 17.5 Å². The molecule has 1 atom stereocenters. The second-order valence-corrected chi connectivity index (χ2v) is 4.07. The van der Waals surface area contributed by atoms with Crippen molar-refractivity contribution in [2.75, 3.05) is 0 Å². The number of nitrogens with zero attached hydrogens (tertiary/aromatic N) is 1. The van der Waals surface area contributed by atoms with Gasteiger partial charge in [-0.25, -0.2) is 0 Å². The van der Waals surface area contributed by atoms with E-state index >= 15 is 0 Å². The van der Waals surface area contributed by atoms with Crippen molar-refractivity contribution in [3.8, 4) is 0 Å². The molecule has 3 heteroatoms. The highest BCUT2D eigenvalue weighted by Crippen LogP contribution is 2.23. The second-order valence-electron chi connectivity index (χ2n) is 4.07. The molecule has 0 bridgehead atoms. The highest BCUT2D eigenvalue weighted by molar-refractivity contribution is 5.82. The molecule has 0 spiro atoms. The molecule has 0 radical (unpaired) electrons. The summed E-state index contributed by atoms with van der Waals surface area (Å²) in [5.41, 5.74) is 7.56. The fourth-order valence-electron chi connectivity index (χ4n) is 1.87. The molecule has 0 aromatic carbocycles. The molecule has 0 aliphatic carbocycles. The highest BCUT2D eigenvalue weighted by Gasteiger charge is 2.19. The summed E-state index contributed by atoms with van der Waals surface area (Å²) in [6, 6.07) is 1.95. The minimum atomic E-state index is -0.303. The molecule has 0 saturated heterocycles. The summed E-state index contributed by atoms with van der Waals surface area (Å²) >= 11 is 0. The number of carbonyl (C=O) groups is 1. The first-order valence-corrected chi connectivity index (χ1v) is 6.20. The normalized spacial score (nSPS) is 13.2. The van der Waals surface area contributed by atoms with Crippen molar-refractivity contribution >= 4 is 5.91 Å². The van der Waals surface area contributed by atoms with Crippen LogP contribution in [0.2, 0.25) is 0 Å². The summed E-state index contributed by atoms with van der Waals surface area (Å²) in [5, 5.41) is 0. The van der Waals surface area contributed by atoms with Crippen LogP contribution in [0.4, 0.5) is 0 Å². The van der Waals surface area contributed by atoms with Crippen molar-refractivity contribution < 1.29 is 4.79 Å². The van der Waals surface area contributed by atoms with Gasteiger partial charge >= 0.3 is 0 Å². The van der Waals surface area contributed by atoms with E-state index in [1.165, 1.54) is 0 Å². The van der Waals surface area contributed by atoms with Gasteiger partial charge in [0.05, 0.1) is 5.92 Å². The average molecular weight is 244 g/mol. The molecule has 1 amide bonds. The Balaban J connectivity index is 2.94. The summed E-state index contributed by atoms with van der Waals surface area (Å²) in [5.74, 6) is -0.599. The van der Waals surface area contributed by atoms with Gasteiger partial charge in [-0.2, -0.15) is 0 Å². The molecule has 18 heavy (non-hydrogen) atoms. The molecular formula is C15H20N2O. The lowest BCUT2D eigenvalue weighted by Crippen LogP contribution is -2.22. The van der Waals surface area contributed by atoms with Crippen LogP contribution in [-0.2, 0) is 11.2 Å². The van der Waals surface area contributed by atoms with Gasteiger partial charge in [0.1, 0.15) is 0 Å². The number of aromatic nitrogens is 1. The van der Waals surface area contributed by atoms with E-state index in [1.807, 2.05) is 37.3 Å². The molecule has 0 saturated carbocycles. The second kappa shape index (κ2) is 7.43. The van der Waals surface area contributed by atoms with Gasteiger partial charge in [0.15, 0.2) is 0 Å². The minimum Gasteiger partial charge on any atom is -0.369 e. The van der Waals surface area contributed by atoms with Crippen molar-refractivity contribution in [2.45, 2.75) is 32.6 Å². The summed E-state index contributed by atoms with van der Waals surface area (Å²) in [4.78, 5) is 15.7. The number of amides is 1. The first-order chi connectivity index (χ1) is 8.70. The number of pyridine rings is 1. The number of nitrogens with two attached hydrogens (primary N) is 1. The van der Waals surface area contributed by atoms with Crippen LogP contribution in [0.3, 0.4) is 0 Å². The quantitative estimate of drug-likeness (QED) is 0.782. The standard InChI is InChI=1S/C15H20N2O/c1-3-5-6-7-8-13(15(16)18)14-11-17-10-9-12(14)4-2/h3,5-7,9-11,13H,4,8H2,1-2H3,(H2,16,18). The van der Waals surface area contributed by atoms with Gasteiger partial charge in [-0.05, 0) is 37.0 Å². The van der Waals surface area contributed by atoms with Gasteiger partial charge < -0.3 is 5.73 Å². The Bertz CT molecular complexity index is 450. The number of primary amides is 1. The maximum Gasteiger partial charge on any atom is 0.225 e. The molecule has 1 aromatic heterocycles. The van der Waals surface area contributed by atoms with Crippen molar-refractivity contribution in [3.63, 3.8) is 0 Å². The van der Waals surface area contributed by atoms with E-state index in [4.69, 9.17) is 5.73 Å². The van der Waals surface area contributed by atoms with E-state index in [9.17, 15) is 4.79 Å². The highest BCUT2D eigenvalue weighted by atomic mass is 16.1. The van der Waals surface area contributed by atoms with Crippen LogP contribution in [0, 0.1) is 0 Å². The Hall–Kier alpha value is -1.90. The molecule has 96 valence electrons. The largest absolute Gasteiger partial charge is 0.369 e. The molecule has 3 nitrogen and oxygen atoms in total. The van der Waals surface area contributed by atoms with E-state index in [-0.39, 0.29) is 11.8 Å². The number of hydrogen-bond donors (Lipinski definition) is 1. The maximum absolute atomic E-state index is 11.6. The monoisotopic (exact) mass is 244 g/mol. The zero-order valence-electron chi connectivity index (χ0n) is 11.0. The average Bonchev–Trinajstić information content (AvgIpc) is 2.38. The van der Waals surface area contributed by atoms with Crippen LogP contribution in [0.15, 0.2) is 42.8 Å². The van der Waals surface area contributed by atoms with Crippen LogP contribution >= 0.6 is 0 Å². The maximum atomic E-state index is 11.6. The third kappa shape index (κ3) is 3.84. The molecule has 1 unspecified atom stereocenters. The van der Waals surface area contributed by atoms with Crippen molar-refractivity contribution in [3.05, 3.63) is 53.9 Å². The first kappa shape index (κ1) is 14.2. The Kier molecular flexibility index (Phi) is 5.85. The van der Waals surface area contributed by atoms with Gasteiger partial charge in [0, 0.05) is 12.4 Å². The smallest absolute Gasteiger partial charge is 0.225 e. The molecule has 1 rings (SSSR count). The Morgan fingerprint density at radius 1 is 1.50 bits per heavy atom. The number of carbonyl (C=O) groups excluding carboxylic acids is 1. The number of allylic oxidation sites excluding steroid dienone is 4. The lowest BCUT2D eigenvalue weighted by molar-refractivity contribution is -0.119. The van der Waals surface area contributed by atoms with Crippen molar-refractivity contribution in [2.24, 2.45) is 5.73 Å². The molecule has 1 aromatic rings. The van der Waals surface area contributed by atoms with Crippen molar-refractivity contribution in [1.29, 1.82) is 0 Å². The predicted molar refractivity (Wildman–Crippen MR) is 74.1 cm³/mol. The SMILES string of the molecule is CC=CC=CCC(C(N)=O)c1cnccc1CC. The summed E-state index contributed by atoms with van der Waals surface area (Å²) in [6.07, 6.45) is 12.7. The van der Waals surface area contributed by atoms with E-state index in [0.29, 0.717) is 6.42 Å². The van der Waals surface area contributed by atoms with Crippen LogP contribution < -0.4 is 5.73 Å². The minimum absolute atomic E-state index is 0.296. The van der Waals surface area contributed by atoms with E-state index < -0.39 is 0 Å². The fraction of sp³-hybridized carbons (Fsp3) is 0.333. The van der Waals surface area contributed by atoms with Gasteiger partial charge in [-0.1, -0.05) is 31.2 Å². The third-order valence-corrected chi connectivity index (χ3v) is 2.86. The molecule has 0 aliphatic heterocycles. The Morgan fingerprint density at radius 2 is 2.28 bits per heavy atom. The lowest BCUT2D eigenvalue weighted by atomic mass is 9.91. The molecule has 0 aliphatic rings. The number of rotatable bonds is 6. The molecule has 0 fully saturated rings.